The van der Waals surface area contributed by atoms with Crippen molar-refractivity contribution in [1.82, 2.24) is 0 Å². The highest BCUT2D eigenvalue weighted by Crippen LogP contribution is 2.34. The Hall–Kier alpha value is -1.30. The summed E-state index contributed by atoms with van der Waals surface area (Å²) in [4.78, 5) is 0. The lowest BCUT2D eigenvalue weighted by Crippen LogP contribution is -2.12. The lowest BCUT2D eigenvalue weighted by Gasteiger charge is -2.26. The van der Waals surface area contributed by atoms with Crippen LogP contribution in [0.1, 0.15) is 32.3 Å². The molecule has 2 rings (SSSR count). The summed E-state index contributed by atoms with van der Waals surface area (Å²) in [6.45, 7) is 4.58. The van der Waals surface area contributed by atoms with E-state index in [1.54, 1.807) is 0 Å². The van der Waals surface area contributed by atoms with Crippen molar-refractivity contribution in [2.24, 2.45) is 5.41 Å². The average Bonchev–Trinajstić information content (AvgIpc) is 2.31. The number of allylic oxidation sites excluding steroid dienone is 4. The monoisotopic (exact) mass is 198 g/mol. The highest BCUT2D eigenvalue weighted by atomic mass is 14.2. The van der Waals surface area contributed by atoms with Crippen molar-refractivity contribution in [3.8, 4) is 0 Å². The van der Waals surface area contributed by atoms with Crippen LogP contribution in [0.5, 0.6) is 0 Å². The van der Waals surface area contributed by atoms with Crippen molar-refractivity contribution in [1.29, 1.82) is 0 Å². The average molecular weight is 198 g/mol. The molecule has 1 aromatic rings. The zero-order valence-electron chi connectivity index (χ0n) is 9.53. The summed E-state index contributed by atoms with van der Waals surface area (Å²) in [6, 6.07) is 10.6. The van der Waals surface area contributed by atoms with Crippen LogP contribution in [0.3, 0.4) is 0 Å². The minimum Gasteiger partial charge on any atom is -0.0777 e. The topological polar surface area (TPSA) is 0 Å². The van der Waals surface area contributed by atoms with Crippen molar-refractivity contribution < 1.29 is 0 Å². The molecule has 0 nitrogen and oxygen atoms in total. The van der Waals surface area contributed by atoms with Crippen LogP contribution in [0.25, 0.3) is 5.57 Å². The van der Waals surface area contributed by atoms with Crippen molar-refractivity contribution >= 4 is 5.57 Å². The summed E-state index contributed by atoms with van der Waals surface area (Å²) in [6.07, 6.45) is 9.35. The van der Waals surface area contributed by atoms with Gasteiger partial charge in [0.2, 0.25) is 0 Å². The first kappa shape index (κ1) is 10.2. The summed E-state index contributed by atoms with van der Waals surface area (Å²) >= 11 is 0. The van der Waals surface area contributed by atoms with E-state index in [1.165, 1.54) is 17.6 Å². The van der Waals surface area contributed by atoms with E-state index >= 15 is 0 Å². The van der Waals surface area contributed by atoms with Gasteiger partial charge in [-0.15, -0.1) is 0 Å². The molecule has 0 bridgehead atoms. The van der Waals surface area contributed by atoms with Gasteiger partial charge in [0.25, 0.3) is 0 Å². The highest BCUT2D eigenvalue weighted by molar-refractivity contribution is 5.75. The number of benzene rings is 1. The van der Waals surface area contributed by atoms with E-state index in [4.69, 9.17) is 0 Å². The molecule has 1 unspecified atom stereocenters. The number of rotatable bonds is 2. The van der Waals surface area contributed by atoms with Crippen molar-refractivity contribution in [3.05, 3.63) is 54.1 Å². The Morgan fingerprint density at radius 2 is 1.93 bits per heavy atom. The van der Waals surface area contributed by atoms with Gasteiger partial charge >= 0.3 is 0 Å². The Bertz CT molecular complexity index is 384. The third-order valence-corrected chi connectivity index (χ3v) is 3.37. The number of hydrogen-bond acceptors (Lipinski definition) is 0. The zero-order chi connectivity index (χ0) is 10.7. The lowest BCUT2D eigenvalue weighted by atomic mass is 9.79. The standard InChI is InChI=1S/C15H18/c1-3-15(2)11-9-14(10-12-15)13-7-5-4-6-8-13/h4-11H,3,12H2,1-2H3. The van der Waals surface area contributed by atoms with Gasteiger partial charge in [0.1, 0.15) is 0 Å². The molecule has 0 radical (unpaired) electrons. The fourth-order valence-corrected chi connectivity index (χ4v) is 1.88. The van der Waals surface area contributed by atoms with E-state index < -0.39 is 0 Å². The third-order valence-electron chi connectivity index (χ3n) is 3.37. The minimum atomic E-state index is 0.373. The fourth-order valence-electron chi connectivity index (χ4n) is 1.88. The van der Waals surface area contributed by atoms with Crippen molar-refractivity contribution in [2.75, 3.05) is 0 Å². The molecule has 15 heavy (non-hydrogen) atoms. The van der Waals surface area contributed by atoms with Crippen LogP contribution in [0.4, 0.5) is 0 Å². The Labute approximate surface area is 92.3 Å². The van der Waals surface area contributed by atoms with Gasteiger partial charge in [-0.05, 0) is 29.4 Å². The molecular weight excluding hydrogens is 180 g/mol. The van der Waals surface area contributed by atoms with Crippen LogP contribution in [0, 0.1) is 5.41 Å². The van der Waals surface area contributed by atoms with Gasteiger partial charge in [-0.2, -0.15) is 0 Å². The van der Waals surface area contributed by atoms with E-state index in [2.05, 4.69) is 62.4 Å². The molecule has 0 N–H and O–H groups in total. The van der Waals surface area contributed by atoms with Crippen LogP contribution < -0.4 is 0 Å². The highest BCUT2D eigenvalue weighted by Gasteiger charge is 2.20. The van der Waals surface area contributed by atoms with E-state index in [9.17, 15) is 0 Å². The first-order valence-corrected chi connectivity index (χ1v) is 5.68. The van der Waals surface area contributed by atoms with Crippen LogP contribution in [-0.2, 0) is 0 Å². The third kappa shape index (κ3) is 2.20. The van der Waals surface area contributed by atoms with E-state index in [0.29, 0.717) is 5.41 Å². The van der Waals surface area contributed by atoms with Gasteiger partial charge < -0.3 is 0 Å². The van der Waals surface area contributed by atoms with Crippen molar-refractivity contribution in [3.63, 3.8) is 0 Å². The Balaban J connectivity index is 2.20. The minimum absolute atomic E-state index is 0.373. The maximum absolute atomic E-state index is 2.36. The molecule has 0 heterocycles. The Morgan fingerprint density at radius 1 is 1.20 bits per heavy atom. The number of hydrogen-bond donors (Lipinski definition) is 0. The molecular formula is C15H18. The predicted octanol–water partition coefficient (Wildman–Crippen LogP) is 4.45. The first-order valence-electron chi connectivity index (χ1n) is 5.68. The summed E-state index contributed by atoms with van der Waals surface area (Å²) in [5, 5.41) is 0. The molecule has 78 valence electrons. The van der Waals surface area contributed by atoms with Gasteiger partial charge in [0.15, 0.2) is 0 Å². The zero-order valence-corrected chi connectivity index (χ0v) is 9.53. The smallest absolute Gasteiger partial charge is 0.0111 e. The Morgan fingerprint density at radius 3 is 2.47 bits per heavy atom. The molecule has 0 fully saturated rings. The van der Waals surface area contributed by atoms with Crippen LogP contribution in [0.2, 0.25) is 0 Å². The molecule has 0 amide bonds. The molecule has 1 aliphatic rings. The Kier molecular flexibility index (Phi) is 2.77. The summed E-state index contributed by atoms with van der Waals surface area (Å²) < 4.78 is 0. The second-order valence-electron chi connectivity index (χ2n) is 4.57. The van der Waals surface area contributed by atoms with Gasteiger partial charge in [-0.3, -0.25) is 0 Å². The lowest BCUT2D eigenvalue weighted by molar-refractivity contribution is 0.415. The molecule has 0 saturated carbocycles. The normalized spacial score (nSPS) is 25.1. The van der Waals surface area contributed by atoms with E-state index in [1.807, 2.05) is 0 Å². The summed E-state index contributed by atoms with van der Waals surface area (Å²) in [5.41, 5.74) is 3.06. The second-order valence-corrected chi connectivity index (χ2v) is 4.57. The van der Waals surface area contributed by atoms with Gasteiger partial charge in [0, 0.05) is 0 Å². The van der Waals surface area contributed by atoms with E-state index in [0.717, 1.165) is 6.42 Å². The largest absolute Gasteiger partial charge is 0.0777 e. The summed E-state index contributed by atoms with van der Waals surface area (Å²) in [7, 11) is 0. The molecule has 1 aromatic carbocycles. The first-order chi connectivity index (χ1) is 7.23. The quantitative estimate of drug-likeness (QED) is 0.658. The van der Waals surface area contributed by atoms with Gasteiger partial charge in [0.05, 0.1) is 0 Å². The molecule has 0 saturated heterocycles. The fraction of sp³-hybridized carbons (Fsp3) is 0.333. The predicted molar refractivity (Wildman–Crippen MR) is 66.6 cm³/mol. The maximum atomic E-state index is 2.36. The van der Waals surface area contributed by atoms with E-state index in [-0.39, 0.29) is 0 Å². The van der Waals surface area contributed by atoms with Gasteiger partial charge in [-0.1, -0.05) is 62.4 Å². The SMILES string of the molecule is CCC1(C)C=CC(c2ccccc2)=CC1. The van der Waals surface area contributed by atoms with Crippen molar-refractivity contribution in [2.45, 2.75) is 26.7 Å². The summed E-state index contributed by atoms with van der Waals surface area (Å²) in [5.74, 6) is 0. The molecule has 0 aliphatic heterocycles. The van der Waals surface area contributed by atoms with Crippen LogP contribution in [0.15, 0.2) is 48.6 Å². The maximum Gasteiger partial charge on any atom is -0.0111 e. The molecule has 0 spiro atoms. The van der Waals surface area contributed by atoms with Crippen LogP contribution in [-0.4, -0.2) is 0 Å². The molecule has 1 aliphatic carbocycles. The van der Waals surface area contributed by atoms with Gasteiger partial charge in [-0.25, -0.2) is 0 Å². The molecule has 0 heteroatoms. The molecule has 0 aromatic heterocycles. The van der Waals surface area contributed by atoms with Crippen LogP contribution >= 0.6 is 0 Å². The second kappa shape index (κ2) is 4.06. The molecule has 1 atom stereocenters.